The summed E-state index contributed by atoms with van der Waals surface area (Å²) in [6.07, 6.45) is 0. The lowest BCUT2D eigenvalue weighted by molar-refractivity contribution is 0.581. The minimum Gasteiger partial charge on any atom is -0.326 e. The second-order valence-corrected chi connectivity index (χ2v) is 6.83. The smallest absolute Gasteiger partial charge is 0.182 e. The van der Waals surface area contributed by atoms with Crippen LogP contribution in [-0.4, -0.2) is 8.42 Å². The van der Waals surface area contributed by atoms with E-state index < -0.39 is 27.2 Å². The van der Waals surface area contributed by atoms with Gasteiger partial charge in [0.15, 0.2) is 9.84 Å². The van der Waals surface area contributed by atoms with Crippen LogP contribution in [0.5, 0.6) is 0 Å². The number of hydrogen-bond donors (Lipinski definition) is 1. The molecule has 0 aliphatic carbocycles. The molecule has 0 unspecified atom stereocenters. The minimum atomic E-state index is -3.83. The highest BCUT2D eigenvalue weighted by molar-refractivity contribution is 7.90. The Morgan fingerprint density at radius 2 is 1.76 bits per heavy atom. The summed E-state index contributed by atoms with van der Waals surface area (Å²) in [6, 6.07) is 7.46. The predicted octanol–water partition coefficient (Wildman–Crippen LogP) is 3.05. The van der Waals surface area contributed by atoms with Gasteiger partial charge < -0.3 is 5.73 Å². The summed E-state index contributed by atoms with van der Waals surface area (Å²) in [5.41, 5.74) is 5.63. The van der Waals surface area contributed by atoms with Crippen LogP contribution in [0, 0.1) is 11.6 Å². The monoisotopic (exact) mass is 331 g/mol. The van der Waals surface area contributed by atoms with E-state index in [9.17, 15) is 17.2 Å². The molecular weight excluding hydrogens is 320 g/mol. The summed E-state index contributed by atoms with van der Waals surface area (Å²) in [5, 5.41) is -0.299. The Kier molecular flexibility index (Phi) is 4.61. The highest BCUT2D eigenvalue weighted by atomic mass is 35.5. The fourth-order valence-corrected chi connectivity index (χ4v) is 3.48. The van der Waals surface area contributed by atoms with Crippen molar-refractivity contribution in [3.8, 4) is 0 Å². The van der Waals surface area contributed by atoms with Gasteiger partial charge in [-0.2, -0.15) is 0 Å². The van der Waals surface area contributed by atoms with Crippen LogP contribution in [0.1, 0.15) is 11.1 Å². The van der Waals surface area contributed by atoms with Crippen molar-refractivity contribution in [2.24, 2.45) is 5.73 Å². The van der Waals surface area contributed by atoms with Gasteiger partial charge in [-0.05, 0) is 18.2 Å². The zero-order valence-corrected chi connectivity index (χ0v) is 12.4. The SMILES string of the molecule is NCc1cccc(CS(=O)(=O)c2ccc(F)c(Cl)c2)c1F. The van der Waals surface area contributed by atoms with Crippen LogP contribution in [0.3, 0.4) is 0 Å². The summed E-state index contributed by atoms with van der Waals surface area (Å²) < 4.78 is 51.6. The lowest BCUT2D eigenvalue weighted by atomic mass is 10.1. The minimum absolute atomic E-state index is 0.0124. The zero-order chi connectivity index (χ0) is 15.6. The van der Waals surface area contributed by atoms with Crippen LogP contribution in [-0.2, 0) is 22.1 Å². The molecule has 3 nitrogen and oxygen atoms in total. The molecule has 0 heterocycles. The Hall–Kier alpha value is -1.50. The molecule has 0 saturated carbocycles. The van der Waals surface area contributed by atoms with Crippen LogP contribution in [0.15, 0.2) is 41.3 Å². The molecule has 21 heavy (non-hydrogen) atoms. The van der Waals surface area contributed by atoms with Gasteiger partial charge in [0.2, 0.25) is 0 Å². The summed E-state index contributed by atoms with van der Waals surface area (Å²) in [6.45, 7) is -0.0257. The van der Waals surface area contributed by atoms with Crippen LogP contribution < -0.4 is 5.73 Å². The van der Waals surface area contributed by atoms with E-state index in [1.54, 1.807) is 0 Å². The fraction of sp³-hybridized carbons (Fsp3) is 0.143. The van der Waals surface area contributed by atoms with Crippen molar-refractivity contribution in [1.82, 2.24) is 0 Å². The van der Waals surface area contributed by atoms with Crippen LogP contribution in [0.4, 0.5) is 8.78 Å². The molecule has 2 aromatic carbocycles. The van der Waals surface area contributed by atoms with Crippen molar-refractivity contribution in [3.63, 3.8) is 0 Å². The van der Waals surface area contributed by atoms with E-state index >= 15 is 0 Å². The zero-order valence-electron chi connectivity index (χ0n) is 10.8. The largest absolute Gasteiger partial charge is 0.326 e. The van der Waals surface area contributed by atoms with Crippen molar-refractivity contribution >= 4 is 21.4 Å². The average Bonchev–Trinajstić information content (AvgIpc) is 2.44. The number of benzene rings is 2. The number of sulfone groups is 1. The Morgan fingerprint density at radius 1 is 1.10 bits per heavy atom. The number of halogens is 3. The fourth-order valence-electron chi connectivity index (χ4n) is 1.86. The first-order valence-electron chi connectivity index (χ1n) is 5.99. The molecule has 2 rings (SSSR count). The highest BCUT2D eigenvalue weighted by Gasteiger charge is 2.20. The van der Waals surface area contributed by atoms with Crippen molar-refractivity contribution in [2.75, 3.05) is 0 Å². The summed E-state index contributed by atoms with van der Waals surface area (Å²) in [5.74, 6) is -1.90. The molecule has 2 aromatic rings. The molecule has 0 fully saturated rings. The second kappa shape index (κ2) is 6.09. The first-order valence-corrected chi connectivity index (χ1v) is 8.02. The van der Waals surface area contributed by atoms with E-state index in [1.165, 1.54) is 18.2 Å². The Morgan fingerprint density at radius 3 is 2.38 bits per heavy atom. The highest BCUT2D eigenvalue weighted by Crippen LogP contribution is 2.24. The Balaban J connectivity index is 2.40. The maximum Gasteiger partial charge on any atom is 0.182 e. The molecule has 7 heteroatoms. The summed E-state index contributed by atoms with van der Waals surface area (Å²) >= 11 is 5.57. The molecule has 112 valence electrons. The summed E-state index contributed by atoms with van der Waals surface area (Å²) in [7, 11) is -3.83. The Labute approximate surface area is 126 Å². The van der Waals surface area contributed by atoms with E-state index in [2.05, 4.69) is 0 Å². The van der Waals surface area contributed by atoms with Gasteiger partial charge in [0.1, 0.15) is 11.6 Å². The molecular formula is C14H12ClF2NO2S. The third-order valence-electron chi connectivity index (χ3n) is 2.97. The van der Waals surface area contributed by atoms with Gasteiger partial charge in [0.05, 0.1) is 15.7 Å². The maximum atomic E-state index is 14.0. The molecule has 0 radical (unpaired) electrons. The molecule has 0 aliphatic rings. The molecule has 2 N–H and O–H groups in total. The van der Waals surface area contributed by atoms with Crippen LogP contribution in [0.25, 0.3) is 0 Å². The maximum absolute atomic E-state index is 14.0. The topological polar surface area (TPSA) is 60.2 Å². The third-order valence-corrected chi connectivity index (χ3v) is 4.93. The van der Waals surface area contributed by atoms with Crippen molar-refractivity contribution in [1.29, 1.82) is 0 Å². The van der Waals surface area contributed by atoms with Gasteiger partial charge in [-0.25, -0.2) is 17.2 Å². The molecule has 0 aromatic heterocycles. The molecule has 0 bridgehead atoms. The van der Waals surface area contributed by atoms with E-state index in [-0.39, 0.29) is 27.6 Å². The van der Waals surface area contributed by atoms with Gasteiger partial charge in [0.25, 0.3) is 0 Å². The molecule has 0 aliphatic heterocycles. The van der Waals surface area contributed by atoms with E-state index in [4.69, 9.17) is 17.3 Å². The van der Waals surface area contributed by atoms with Gasteiger partial charge in [-0.1, -0.05) is 29.8 Å². The van der Waals surface area contributed by atoms with Crippen LogP contribution >= 0.6 is 11.6 Å². The van der Waals surface area contributed by atoms with Gasteiger partial charge >= 0.3 is 0 Å². The van der Waals surface area contributed by atoms with E-state index in [0.717, 1.165) is 18.2 Å². The predicted molar refractivity (Wildman–Crippen MR) is 76.6 cm³/mol. The molecule has 0 spiro atoms. The standard InChI is InChI=1S/C14H12ClF2NO2S/c15-12-6-11(4-5-13(12)16)21(19,20)8-10-3-1-2-9(7-18)14(10)17/h1-6H,7-8,18H2. The van der Waals surface area contributed by atoms with Gasteiger partial charge in [0, 0.05) is 17.7 Å². The number of hydrogen-bond acceptors (Lipinski definition) is 3. The van der Waals surface area contributed by atoms with E-state index in [1.807, 2.05) is 0 Å². The lowest BCUT2D eigenvalue weighted by Gasteiger charge is -2.08. The Bertz CT molecular complexity index is 779. The second-order valence-electron chi connectivity index (χ2n) is 4.43. The van der Waals surface area contributed by atoms with Gasteiger partial charge in [-0.15, -0.1) is 0 Å². The average molecular weight is 332 g/mol. The van der Waals surface area contributed by atoms with Crippen molar-refractivity contribution < 1.29 is 17.2 Å². The number of nitrogens with two attached hydrogens (primary N) is 1. The van der Waals surface area contributed by atoms with Crippen molar-refractivity contribution in [2.45, 2.75) is 17.2 Å². The van der Waals surface area contributed by atoms with Gasteiger partial charge in [-0.3, -0.25) is 0 Å². The normalized spacial score (nSPS) is 11.6. The number of rotatable bonds is 4. The lowest BCUT2D eigenvalue weighted by Crippen LogP contribution is -2.09. The molecule has 0 atom stereocenters. The summed E-state index contributed by atoms with van der Waals surface area (Å²) in [4.78, 5) is -0.161. The third kappa shape index (κ3) is 3.40. The quantitative estimate of drug-likeness (QED) is 0.876. The van der Waals surface area contributed by atoms with Crippen molar-refractivity contribution in [3.05, 3.63) is 64.2 Å². The van der Waals surface area contributed by atoms with Crippen LogP contribution in [0.2, 0.25) is 5.02 Å². The first-order chi connectivity index (χ1) is 9.85. The molecule has 0 amide bonds. The van der Waals surface area contributed by atoms with E-state index in [0.29, 0.717) is 0 Å². The molecule has 0 saturated heterocycles. The first kappa shape index (κ1) is 15.9.